The highest BCUT2D eigenvalue weighted by atomic mass is 19.1. The molecule has 1 saturated heterocycles. The van der Waals surface area contributed by atoms with Gasteiger partial charge in [-0.1, -0.05) is 6.07 Å². The molecule has 1 fully saturated rings. The minimum atomic E-state index is -1.00. The monoisotopic (exact) mass is 445 g/mol. The van der Waals surface area contributed by atoms with Crippen molar-refractivity contribution < 1.29 is 32.5 Å². The van der Waals surface area contributed by atoms with Gasteiger partial charge in [-0.25, -0.2) is 18.2 Å². The van der Waals surface area contributed by atoms with Crippen molar-refractivity contribution in [3.05, 3.63) is 77.5 Å². The van der Waals surface area contributed by atoms with E-state index in [0.717, 1.165) is 30.3 Å². The molecule has 10 heteroatoms. The van der Waals surface area contributed by atoms with Gasteiger partial charge in [0.1, 0.15) is 28.8 Å². The highest BCUT2D eigenvalue weighted by Crippen LogP contribution is 2.31. The van der Waals surface area contributed by atoms with Crippen LogP contribution in [0.25, 0.3) is 11.3 Å². The van der Waals surface area contributed by atoms with Gasteiger partial charge in [-0.15, -0.1) is 0 Å². The second kappa shape index (κ2) is 9.43. The maximum absolute atomic E-state index is 14.3. The van der Waals surface area contributed by atoms with E-state index in [-0.39, 0.29) is 37.1 Å². The molecule has 1 aliphatic rings. The third-order valence-electron chi connectivity index (χ3n) is 4.86. The van der Waals surface area contributed by atoms with Crippen LogP contribution >= 0.6 is 0 Å². The van der Waals surface area contributed by atoms with Crippen molar-refractivity contribution >= 4 is 11.6 Å². The number of halogens is 3. The topological polar surface area (TPSA) is 93.6 Å². The fourth-order valence-corrected chi connectivity index (χ4v) is 3.20. The molecule has 7 nitrogen and oxygen atoms in total. The lowest BCUT2D eigenvalue weighted by molar-refractivity contribution is -0.209. The normalized spacial score (nSPS) is 18.4. The van der Waals surface area contributed by atoms with E-state index in [1.165, 1.54) is 12.4 Å². The highest BCUT2D eigenvalue weighted by Gasteiger charge is 2.26. The van der Waals surface area contributed by atoms with Crippen molar-refractivity contribution in [1.82, 2.24) is 9.97 Å². The molecule has 2 aromatic heterocycles. The number of benzene rings is 1. The van der Waals surface area contributed by atoms with Crippen molar-refractivity contribution in [2.24, 2.45) is 5.92 Å². The molecule has 2 N–H and O–H groups in total. The van der Waals surface area contributed by atoms with Gasteiger partial charge in [-0.05, 0) is 30.3 Å². The molecule has 1 aromatic carbocycles. The smallest absolute Gasteiger partial charge is 0.274 e. The molecule has 0 atom stereocenters. The largest absolute Gasteiger partial charge is 0.396 e. The zero-order chi connectivity index (χ0) is 22.7. The average Bonchev–Trinajstić information content (AvgIpc) is 2.80. The second-order valence-corrected chi connectivity index (χ2v) is 7.09. The van der Waals surface area contributed by atoms with Crippen LogP contribution in [0.3, 0.4) is 0 Å². The number of carbonyl (C=O) groups excluding carboxylic acids is 1. The van der Waals surface area contributed by atoms with Gasteiger partial charge in [-0.2, -0.15) is 0 Å². The molecule has 0 radical (unpaired) electrons. The zero-order valence-corrected chi connectivity index (χ0v) is 16.6. The lowest BCUT2D eigenvalue weighted by Crippen LogP contribution is -2.30. The molecule has 32 heavy (non-hydrogen) atoms. The fourth-order valence-electron chi connectivity index (χ4n) is 3.20. The van der Waals surface area contributed by atoms with Crippen molar-refractivity contribution in [2.75, 3.05) is 25.1 Å². The van der Waals surface area contributed by atoms with Crippen LogP contribution in [0.2, 0.25) is 0 Å². The van der Waals surface area contributed by atoms with Crippen molar-refractivity contribution in [1.29, 1.82) is 0 Å². The lowest BCUT2D eigenvalue weighted by atomic mass is 10.1. The standard InChI is InChI=1S/C22H18F3N3O4/c23-14-2-1-3-15(24)19(14)20-16(25)4-5-17(27-20)21(30)28-18-8-26-7-6-13(18)22-31-10-12(9-29)11-32-22/h1-8,12,22,29H,9-11H2,(H,28,30)/t12-,22-. The number of hydrogen-bond donors (Lipinski definition) is 2. The summed E-state index contributed by atoms with van der Waals surface area (Å²) >= 11 is 0. The number of anilines is 1. The fraction of sp³-hybridized carbons (Fsp3) is 0.227. The van der Waals surface area contributed by atoms with Crippen molar-refractivity contribution in [3.63, 3.8) is 0 Å². The second-order valence-electron chi connectivity index (χ2n) is 7.09. The van der Waals surface area contributed by atoms with E-state index in [2.05, 4.69) is 15.3 Å². The number of ether oxygens (including phenoxy) is 2. The minimum Gasteiger partial charge on any atom is -0.396 e. The maximum Gasteiger partial charge on any atom is 0.274 e. The first-order valence-corrected chi connectivity index (χ1v) is 9.68. The molecule has 0 aliphatic carbocycles. The minimum absolute atomic E-state index is 0.0756. The number of rotatable bonds is 5. The first-order chi connectivity index (χ1) is 15.5. The summed E-state index contributed by atoms with van der Waals surface area (Å²) < 4.78 is 53.7. The number of aromatic nitrogens is 2. The predicted molar refractivity (Wildman–Crippen MR) is 107 cm³/mol. The summed E-state index contributed by atoms with van der Waals surface area (Å²) in [5.74, 6) is -3.88. The Morgan fingerprint density at radius 2 is 1.78 bits per heavy atom. The summed E-state index contributed by atoms with van der Waals surface area (Å²) in [5.41, 5.74) is -0.801. The Hall–Kier alpha value is -3.34. The van der Waals surface area contributed by atoms with Crippen LogP contribution < -0.4 is 5.32 Å². The molecular formula is C22H18F3N3O4. The van der Waals surface area contributed by atoms with E-state index >= 15 is 0 Å². The van der Waals surface area contributed by atoms with Crippen LogP contribution in [0.15, 0.2) is 48.8 Å². The van der Waals surface area contributed by atoms with Crippen LogP contribution in [0.4, 0.5) is 18.9 Å². The average molecular weight is 445 g/mol. The van der Waals surface area contributed by atoms with Gasteiger partial charge in [0.25, 0.3) is 5.91 Å². The van der Waals surface area contributed by atoms with Crippen molar-refractivity contribution in [3.8, 4) is 11.3 Å². The number of aliphatic hydroxyl groups excluding tert-OH is 1. The number of hydrogen-bond acceptors (Lipinski definition) is 6. The Balaban J connectivity index is 1.60. The van der Waals surface area contributed by atoms with Crippen LogP contribution in [-0.4, -0.2) is 40.8 Å². The molecule has 1 amide bonds. The van der Waals surface area contributed by atoms with Gasteiger partial charge in [0.05, 0.1) is 37.3 Å². The zero-order valence-electron chi connectivity index (χ0n) is 16.6. The Labute approximate surface area is 180 Å². The summed E-state index contributed by atoms with van der Waals surface area (Å²) in [4.78, 5) is 20.6. The SMILES string of the molecule is O=C(Nc1cnccc1[C@H]1OC[C@H](CO)CO1)c1ccc(F)c(-c2c(F)cccc2F)n1. The first kappa shape index (κ1) is 21.9. The number of carbonyl (C=O) groups is 1. The number of pyridine rings is 2. The van der Waals surface area contributed by atoms with Gasteiger partial charge in [0.15, 0.2) is 6.29 Å². The Bertz CT molecular complexity index is 1120. The molecule has 1 aliphatic heterocycles. The quantitative estimate of drug-likeness (QED) is 0.625. The summed E-state index contributed by atoms with van der Waals surface area (Å²) in [7, 11) is 0. The molecule has 166 valence electrons. The van der Waals surface area contributed by atoms with E-state index in [4.69, 9.17) is 9.47 Å². The predicted octanol–water partition coefficient (Wildman–Crippen LogP) is 3.47. The Morgan fingerprint density at radius 1 is 1.06 bits per heavy atom. The lowest BCUT2D eigenvalue weighted by Gasteiger charge is -2.29. The molecule has 3 aromatic rings. The van der Waals surface area contributed by atoms with E-state index in [0.29, 0.717) is 5.56 Å². The van der Waals surface area contributed by atoms with E-state index in [1.807, 2.05) is 0 Å². The Kier molecular flexibility index (Phi) is 6.45. The van der Waals surface area contributed by atoms with Crippen molar-refractivity contribution in [2.45, 2.75) is 6.29 Å². The van der Waals surface area contributed by atoms with Gasteiger partial charge in [0.2, 0.25) is 0 Å². The molecule has 0 bridgehead atoms. The van der Waals surface area contributed by atoms with E-state index in [1.54, 1.807) is 6.07 Å². The van der Waals surface area contributed by atoms with Crippen LogP contribution in [-0.2, 0) is 9.47 Å². The molecule has 0 unspecified atom stereocenters. The first-order valence-electron chi connectivity index (χ1n) is 9.68. The Morgan fingerprint density at radius 3 is 2.47 bits per heavy atom. The van der Waals surface area contributed by atoms with E-state index in [9.17, 15) is 23.1 Å². The summed E-state index contributed by atoms with van der Waals surface area (Å²) in [5, 5.41) is 11.8. The van der Waals surface area contributed by atoms with Crippen LogP contribution in [0.5, 0.6) is 0 Å². The summed E-state index contributed by atoms with van der Waals surface area (Å²) in [6.45, 7) is 0.468. The highest BCUT2D eigenvalue weighted by molar-refractivity contribution is 6.03. The van der Waals surface area contributed by atoms with Gasteiger partial charge >= 0.3 is 0 Å². The summed E-state index contributed by atoms with van der Waals surface area (Å²) in [6, 6.07) is 6.69. The summed E-state index contributed by atoms with van der Waals surface area (Å²) in [6.07, 6.45) is 2.07. The molecule has 3 heterocycles. The third-order valence-corrected chi connectivity index (χ3v) is 4.86. The number of amides is 1. The number of nitrogens with one attached hydrogen (secondary N) is 1. The van der Waals surface area contributed by atoms with Crippen LogP contribution in [0, 0.1) is 23.4 Å². The van der Waals surface area contributed by atoms with Gasteiger partial charge in [-0.3, -0.25) is 9.78 Å². The van der Waals surface area contributed by atoms with E-state index < -0.39 is 40.9 Å². The molecular weight excluding hydrogens is 427 g/mol. The number of aliphatic hydroxyl groups is 1. The van der Waals surface area contributed by atoms with Crippen LogP contribution in [0.1, 0.15) is 22.3 Å². The van der Waals surface area contributed by atoms with Gasteiger partial charge in [0, 0.05) is 17.7 Å². The third kappa shape index (κ3) is 4.47. The molecule has 4 rings (SSSR count). The molecule has 0 spiro atoms. The maximum atomic E-state index is 14.3. The number of nitrogens with zero attached hydrogens (tertiary/aromatic N) is 2. The van der Waals surface area contributed by atoms with Gasteiger partial charge < -0.3 is 19.9 Å². The molecule has 0 saturated carbocycles.